The maximum absolute atomic E-state index is 12.3. The monoisotopic (exact) mass is 327 g/mol. The number of carbonyl (C=O) groups is 1. The lowest BCUT2D eigenvalue weighted by atomic mass is 9.89. The molecule has 1 fully saturated rings. The highest BCUT2D eigenvalue weighted by Gasteiger charge is 2.41. The van der Waals surface area contributed by atoms with Gasteiger partial charge >= 0.3 is 5.97 Å². The SMILES string of the molecule is CCOC(=O)C1(Nc2ccccc2Br)CCOCC1. The molecule has 104 valence electrons. The summed E-state index contributed by atoms with van der Waals surface area (Å²) in [6, 6.07) is 7.77. The molecule has 1 heterocycles. The summed E-state index contributed by atoms with van der Waals surface area (Å²) in [6.07, 6.45) is 1.24. The Kier molecular flexibility index (Phi) is 4.82. The van der Waals surface area contributed by atoms with E-state index in [4.69, 9.17) is 9.47 Å². The molecule has 0 aliphatic carbocycles. The molecule has 1 saturated heterocycles. The van der Waals surface area contributed by atoms with E-state index >= 15 is 0 Å². The number of rotatable bonds is 4. The highest BCUT2D eigenvalue weighted by Crippen LogP contribution is 2.31. The summed E-state index contributed by atoms with van der Waals surface area (Å²) in [6.45, 7) is 3.34. The minimum Gasteiger partial charge on any atom is -0.464 e. The standard InChI is InChI=1S/C14H18BrNO3/c1-2-19-13(17)14(7-9-18-10-8-14)16-12-6-4-3-5-11(12)15/h3-6,16H,2,7-10H2,1H3. The summed E-state index contributed by atoms with van der Waals surface area (Å²) in [5.41, 5.74) is 0.218. The van der Waals surface area contributed by atoms with E-state index in [1.54, 1.807) is 0 Å². The molecule has 0 radical (unpaired) electrons. The summed E-state index contributed by atoms with van der Waals surface area (Å²) in [5.74, 6) is -0.200. The number of ether oxygens (including phenoxy) is 2. The molecule has 0 aromatic heterocycles. The van der Waals surface area contributed by atoms with E-state index < -0.39 is 5.54 Å². The number of carbonyl (C=O) groups excluding carboxylic acids is 1. The number of anilines is 1. The van der Waals surface area contributed by atoms with E-state index in [1.165, 1.54) is 0 Å². The lowest BCUT2D eigenvalue weighted by Crippen LogP contribution is -2.51. The molecular weight excluding hydrogens is 310 g/mol. The van der Waals surface area contributed by atoms with Crippen LogP contribution in [0.4, 0.5) is 5.69 Å². The van der Waals surface area contributed by atoms with Gasteiger partial charge in [0.2, 0.25) is 0 Å². The van der Waals surface area contributed by atoms with Gasteiger partial charge in [-0.25, -0.2) is 4.79 Å². The second-order valence-electron chi connectivity index (χ2n) is 4.52. The van der Waals surface area contributed by atoms with Crippen molar-refractivity contribution in [1.29, 1.82) is 0 Å². The fourth-order valence-corrected chi connectivity index (χ4v) is 2.57. The Morgan fingerprint density at radius 2 is 2.11 bits per heavy atom. The quantitative estimate of drug-likeness (QED) is 0.864. The molecule has 0 bridgehead atoms. The Labute approximate surface area is 121 Å². The first-order valence-electron chi connectivity index (χ1n) is 6.45. The maximum Gasteiger partial charge on any atom is 0.331 e. The van der Waals surface area contributed by atoms with Crippen molar-refractivity contribution >= 4 is 27.6 Å². The molecule has 0 unspecified atom stereocenters. The van der Waals surface area contributed by atoms with Crippen molar-refractivity contribution in [2.45, 2.75) is 25.3 Å². The van der Waals surface area contributed by atoms with Crippen LogP contribution in [-0.2, 0) is 14.3 Å². The smallest absolute Gasteiger partial charge is 0.331 e. The summed E-state index contributed by atoms with van der Waals surface area (Å²) in [7, 11) is 0. The second kappa shape index (κ2) is 6.39. The van der Waals surface area contributed by atoms with Gasteiger partial charge in [0, 0.05) is 36.2 Å². The molecule has 0 saturated carbocycles. The van der Waals surface area contributed by atoms with Crippen LogP contribution in [0.1, 0.15) is 19.8 Å². The number of esters is 1. The third-order valence-corrected chi connectivity index (χ3v) is 3.95. The summed E-state index contributed by atoms with van der Waals surface area (Å²) in [5, 5.41) is 3.35. The Morgan fingerprint density at radius 3 is 2.74 bits per heavy atom. The van der Waals surface area contributed by atoms with Crippen molar-refractivity contribution in [1.82, 2.24) is 0 Å². The third kappa shape index (κ3) is 3.28. The average Bonchev–Trinajstić information content (AvgIpc) is 2.43. The lowest BCUT2D eigenvalue weighted by molar-refractivity contribution is -0.152. The zero-order valence-electron chi connectivity index (χ0n) is 10.9. The normalized spacial score (nSPS) is 17.8. The van der Waals surface area contributed by atoms with Gasteiger partial charge in [-0.1, -0.05) is 12.1 Å². The zero-order valence-corrected chi connectivity index (χ0v) is 12.5. The van der Waals surface area contributed by atoms with Crippen LogP contribution >= 0.6 is 15.9 Å². The van der Waals surface area contributed by atoms with Crippen LogP contribution in [0.2, 0.25) is 0 Å². The molecule has 19 heavy (non-hydrogen) atoms. The van der Waals surface area contributed by atoms with Gasteiger partial charge in [-0.15, -0.1) is 0 Å². The van der Waals surface area contributed by atoms with E-state index in [0.717, 1.165) is 10.2 Å². The van der Waals surface area contributed by atoms with Gasteiger partial charge in [0.15, 0.2) is 0 Å². The first-order valence-corrected chi connectivity index (χ1v) is 7.25. The van der Waals surface area contributed by atoms with Crippen molar-refractivity contribution in [2.24, 2.45) is 0 Å². The molecule has 1 aliphatic heterocycles. The van der Waals surface area contributed by atoms with Crippen molar-refractivity contribution < 1.29 is 14.3 Å². The number of benzene rings is 1. The minimum atomic E-state index is -0.682. The number of halogens is 1. The number of para-hydroxylation sites is 1. The van der Waals surface area contributed by atoms with Gasteiger partial charge in [0.1, 0.15) is 5.54 Å². The molecule has 0 spiro atoms. The lowest BCUT2D eigenvalue weighted by Gasteiger charge is -2.36. The minimum absolute atomic E-state index is 0.200. The number of nitrogens with one attached hydrogen (secondary N) is 1. The fourth-order valence-electron chi connectivity index (χ4n) is 2.19. The van der Waals surface area contributed by atoms with Crippen LogP contribution in [-0.4, -0.2) is 31.3 Å². The molecule has 0 atom stereocenters. The van der Waals surface area contributed by atoms with E-state index in [-0.39, 0.29) is 5.97 Å². The highest BCUT2D eigenvalue weighted by atomic mass is 79.9. The summed E-state index contributed by atoms with van der Waals surface area (Å²) in [4.78, 5) is 12.3. The van der Waals surface area contributed by atoms with Crippen LogP contribution < -0.4 is 5.32 Å². The van der Waals surface area contributed by atoms with Crippen LogP contribution in [0.5, 0.6) is 0 Å². The average molecular weight is 328 g/mol. The molecule has 2 rings (SSSR count). The highest BCUT2D eigenvalue weighted by molar-refractivity contribution is 9.10. The molecule has 0 amide bonds. The van der Waals surface area contributed by atoms with Gasteiger partial charge in [-0.3, -0.25) is 0 Å². The van der Waals surface area contributed by atoms with Crippen molar-refractivity contribution in [3.63, 3.8) is 0 Å². The Bertz CT molecular complexity index is 444. The van der Waals surface area contributed by atoms with E-state index in [1.807, 2.05) is 31.2 Å². The number of hydrogen-bond donors (Lipinski definition) is 1. The van der Waals surface area contributed by atoms with Crippen LogP contribution in [0, 0.1) is 0 Å². The van der Waals surface area contributed by atoms with E-state index in [9.17, 15) is 4.79 Å². The molecular formula is C14H18BrNO3. The third-order valence-electron chi connectivity index (χ3n) is 3.26. The van der Waals surface area contributed by atoms with Crippen LogP contribution in [0.15, 0.2) is 28.7 Å². The van der Waals surface area contributed by atoms with Gasteiger partial charge in [0.25, 0.3) is 0 Å². The number of hydrogen-bond acceptors (Lipinski definition) is 4. The topological polar surface area (TPSA) is 47.6 Å². The first kappa shape index (κ1) is 14.3. The molecule has 1 aromatic carbocycles. The van der Waals surface area contributed by atoms with Gasteiger partial charge in [-0.05, 0) is 35.0 Å². The van der Waals surface area contributed by atoms with Gasteiger partial charge in [-0.2, -0.15) is 0 Å². The van der Waals surface area contributed by atoms with Crippen LogP contribution in [0.25, 0.3) is 0 Å². The van der Waals surface area contributed by atoms with Crippen molar-refractivity contribution in [2.75, 3.05) is 25.1 Å². The largest absolute Gasteiger partial charge is 0.464 e. The Morgan fingerprint density at radius 1 is 1.42 bits per heavy atom. The Hall–Kier alpha value is -1.07. The fraction of sp³-hybridized carbons (Fsp3) is 0.500. The molecule has 4 nitrogen and oxygen atoms in total. The van der Waals surface area contributed by atoms with Crippen LogP contribution in [0.3, 0.4) is 0 Å². The predicted molar refractivity (Wildman–Crippen MR) is 77.2 cm³/mol. The summed E-state index contributed by atoms with van der Waals surface area (Å²) < 4.78 is 11.5. The van der Waals surface area contributed by atoms with Crippen molar-refractivity contribution in [3.05, 3.63) is 28.7 Å². The molecule has 1 N–H and O–H groups in total. The zero-order chi connectivity index (χ0) is 13.7. The summed E-state index contributed by atoms with van der Waals surface area (Å²) >= 11 is 3.49. The van der Waals surface area contributed by atoms with Crippen molar-refractivity contribution in [3.8, 4) is 0 Å². The molecule has 1 aromatic rings. The second-order valence-corrected chi connectivity index (χ2v) is 5.37. The molecule has 1 aliphatic rings. The van der Waals surface area contributed by atoms with Gasteiger partial charge in [0.05, 0.1) is 6.61 Å². The van der Waals surface area contributed by atoms with E-state index in [2.05, 4.69) is 21.2 Å². The Balaban J connectivity index is 2.23. The first-order chi connectivity index (χ1) is 9.18. The van der Waals surface area contributed by atoms with E-state index in [0.29, 0.717) is 32.7 Å². The van der Waals surface area contributed by atoms with Gasteiger partial charge < -0.3 is 14.8 Å². The maximum atomic E-state index is 12.3. The predicted octanol–water partition coefficient (Wildman–Crippen LogP) is 2.97. The molecule has 5 heteroatoms.